The van der Waals surface area contributed by atoms with E-state index in [1.54, 1.807) is 12.1 Å². The Balaban J connectivity index is 2.49. The average Bonchev–Trinajstić information content (AvgIpc) is 2.61. The van der Waals surface area contributed by atoms with Gasteiger partial charge in [-0.05, 0) is 6.07 Å². The van der Waals surface area contributed by atoms with Crippen molar-refractivity contribution >= 4 is 12.2 Å². The molecule has 0 amide bonds. The molecule has 9 heteroatoms. The molecule has 0 aliphatic heterocycles. The van der Waals surface area contributed by atoms with Crippen LogP contribution in [0.1, 0.15) is 15.9 Å². The number of rotatable bonds is 6. The van der Waals surface area contributed by atoms with E-state index in [1.165, 1.54) is 33.5 Å². The van der Waals surface area contributed by atoms with E-state index in [-0.39, 0.29) is 29.1 Å². The highest BCUT2D eigenvalue weighted by atomic mass is 16.5. The first kappa shape index (κ1) is 17.0. The number of ether oxygens (including phenoxy) is 4. The topological polar surface area (TPSA) is 112 Å². The van der Waals surface area contributed by atoms with Gasteiger partial charge < -0.3 is 24.2 Å². The van der Waals surface area contributed by atoms with Crippen LogP contribution in [-0.4, -0.2) is 48.7 Å². The van der Waals surface area contributed by atoms with Gasteiger partial charge in [-0.15, -0.1) is 0 Å². The fraction of sp³-hybridized carbons (Fsp3) is 0.200. The number of carbonyl (C=O) groups excluding carboxylic acids is 1. The van der Waals surface area contributed by atoms with Crippen LogP contribution in [0.3, 0.4) is 0 Å². The fourth-order valence-electron chi connectivity index (χ4n) is 1.86. The molecule has 24 heavy (non-hydrogen) atoms. The zero-order valence-corrected chi connectivity index (χ0v) is 13.2. The predicted molar refractivity (Wildman–Crippen MR) is 82.4 cm³/mol. The summed E-state index contributed by atoms with van der Waals surface area (Å²) in [4.78, 5) is 20.1. The summed E-state index contributed by atoms with van der Waals surface area (Å²) in [6, 6.07) is 6.08. The lowest BCUT2D eigenvalue weighted by Crippen LogP contribution is -2.08. The van der Waals surface area contributed by atoms with Gasteiger partial charge >= 0.3 is 12.0 Å². The molecule has 1 aromatic carbocycles. The molecule has 1 aromatic heterocycles. The summed E-state index contributed by atoms with van der Waals surface area (Å²) in [5.41, 5.74) is 0.361. The molecule has 126 valence electrons. The minimum Gasteiger partial charge on any atom is -0.481 e. The van der Waals surface area contributed by atoms with Crippen LogP contribution >= 0.6 is 0 Å². The first-order chi connectivity index (χ1) is 11.6. The molecule has 2 aromatic rings. The Morgan fingerprint density at radius 3 is 2.38 bits per heavy atom. The zero-order chi connectivity index (χ0) is 17.5. The van der Waals surface area contributed by atoms with Crippen molar-refractivity contribution in [2.24, 2.45) is 5.16 Å². The van der Waals surface area contributed by atoms with Crippen molar-refractivity contribution in [1.82, 2.24) is 9.97 Å². The van der Waals surface area contributed by atoms with Crippen molar-refractivity contribution in [3.05, 3.63) is 35.4 Å². The number of carbonyl (C=O) groups is 1. The van der Waals surface area contributed by atoms with Gasteiger partial charge in [0.25, 0.3) is 0 Å². The molecule has 0 aliphatic rings. The Bertz CT molecular complexity index is 741. The van der Waals surface area contributed by atoms with E-state index in [1.807, 2.05) is 0 Å². The molecule has 0 fully saturated rings. The summed E-state index contributed by atoms with van der Waals surface area (Å²) in [6.07, 6.45) is 1.09. The van der Waals surface area contributed by atoms with Gasteiger partial charge in [-0.25, -0.2) is 4.79 Å². The van der Waals surface area contributed by atoms with Gasteiger partial charge in [0, 0.05) is 5.56 Å². The molecule has 0 bridgehead atoms. The first-order valence-electron chi connectivity index (χ1n) is 6.66. The summed E-state index contributed by atoms with van der Waals surface area (Å²) in [6.45, 7) is 0. The number of hydrogen-bond donors (Lipinski definition) is 1. The molecule has 0 aliphatic carbocycles. The van der Waals surface area contributed by atoms with E-state index in [0.29, 0.717) is 5.56 Å². The van der Waals surface area contributed by atoms with Crippen LogP contribution < -0.4 is 14.2 Å². The second-order valence-corrected chi connectivity index (χ2v) is 4.29. The number of nitrogens with zero attached hydrogens (tertiary/aromatic N) is 3. The summed E-state index contributed by atoms with van der Waals surface area (Å²) < 4.78 is 20.4. The normalized spacial score (nSPS) is 10.5. The van der Waals surface area contributed by atoms with E-state index in [0.717, 1.165) is 6.21 Å². The van der Waals surface area contributed by atoms with Crippen molar-refractivity contribution in [3.63, 3.8) is 0 Å². The van der Waals surface area contributed by atoms with Crippen LogP contribution in [-0.2, 0) is 4.74 Å². The smallest absolute Gasteiger partial charge is 0.342 e. The second-order valence-electron chi connectivity index (χ2n) is 4.29. The molecule has 0 spiro atoms. The fourth-order valence-corrected chi connectivity index (χ4v) is 1.86. The summed E-state index contributed by atoms with van der Waals surface area (Å²) in [5, 5.41) is 11.7. The molecule has 1 heterocycles. The highest BCUT2D eigenvalue weighted by Crippen LogP contribution is 2.28. The van der Waals surface area contributed by atoms with Crippen LogP contribution in [0.15, 0.2) is 29.4 Å². The molecule has 0 unspecified atom stereocenters. The van der Waals surface area contributed by atoms with Gasteiger partial charge in [0.05, 0.1) is 33.6 Å². The van der Waals surface area contributed by atoms with E-state index in [2.05, 4.69) is 15.1 Å². The Morgan fingerprint density at radius 2 is 1.83 bits per heavy atom. The highest BCUT2D eigenvalue weighted by Gasteiger charge is 2.19. The predicted octanol–water partition coefficient (Wildman–Crippen LogP) is 1.88. The lowest BCUT2D eigenvalue weighted by atomic mass is 10.1. The summed E-state index contributed by atoms with van der Waals surface area (Å²) in [7, 11) is 4.09. The van der Waals surface area contributed by atoms with Crippen molar-refractivity contribution in [2.75, 3.05) is 21.3 Å². The van der Waals surface area contributed by atoms with Crippen LogP contribution in [0, 0.1) is 0 Å². The van der Waals surface area contributed by atoms with Crippen LogP contribution in [0.25, 0.3) is 0 Å². The molecule has 2 rings (SSSR count). The van der Waals surface area contributed by atoms with Crippen molar-refractivity contribution < 1.29 is 28.9 Å². The monoisotopic (exact) mass is 333 g/mol. The number of benzene rings is 1. The van der Waals surface area contributed by atoms with Crippen molar-refractivity contribution in [3.8, 4) is 23.5 Å². The Labute approximate surface area is 137 Å². The maximum atomic E-state index is 12.0. The van der Waals surface area contributed by atoms with Gasteiger partial charge in [-0.3, -0.25) is 0 Å². The van der Waals surface area contributed by atoms with Gasteiger partial charge in [0.2, 0.25) is 11.8 Å². The van der Waals surface area contributed by atoms with Gasteiger partial charge in [-0.2, -0.15) is 9.97 Å². The van der Waals surface area contributed by atoms with E-state index in [9.17, 15) is 4.79 Å². The van der Waals surface area contributed by atoms with Crippen LogP contribution in [0.2, 0.25) is 0 Å². The maximum Gasteiger partial charge on any atom is 0.342 e. The third-order valence-corrected chi connectivity index (χ3v) is 2.92. The summed E-state index contributed by atoms with van der Waals surface area (Å²) in [5.74, 6) is -0.0981. The lowest BCUT2D eigenvalue weighted by molar-refractivity contribution is 0.0597. The van der Waals surface area contributed by atoms with Gasteiger partial charge in [0.15, 0.2) is 0 Å². The molecular formula is C15H15N3O6. The average molecular weight is 333 g/mol. The highest BCUT2D eigenvalue weighted by molar-refractivity contribution is 6.01. The number of aromatic nitrogens is 2. The van der Waals surface area contributed by atoms with Crippen LogP contribution in [0.5, 0.6) is 23.5 Å². The molecule has 0 saturated carbocycles. The van der Waals surface area contributed by atoms with E-state index in [4.69, 9.17) is 24.2 Å². The number of esters is 1. The molecule has 1 N–H and O–H groups in total. The SMILES string of the molecule is COC(=O)c1c(C=NO)cccc1Oc1nc(OC)cc(OC)n1. The van der Waals surface area contributed by atoms with E-state index < -0.39 is 5.97 Å². The largest absolute Gasteiger partial charge is 0.481 e. The Kier molecular flexibility index (Phi) is 5.50. The molecular weight excluding hydrogens is 318 g/mol. The first-order valence-corrected chi connectivity index (χ1v) is 6.66. The minimum atomic E-state index is -0.671. The minimum absolute atomic E-state index is 0.0585. The molecule has 0 atom stereocenters. The van der Waals surface area contributed by atoms with Crippen molar-refractivity contribution in [2.45, 2.75) is 0 Å². The van der Waals surface area contributed by atoms with Gasteiger partial charge in [-0.1, -0.05) is 17.3 Å². The lowest BCUT2D eigenvalue weighted by Gasteiger charge is -2.11. The zero-order valence-electron chi connectivity index (χ0n) is 13.2. The number of oxime groups is 1. The third-order valence-electron chi connectivity index (χ3n) is 2.92. The van der Waals surface area contributed by atoms with E-state index >= 15 is 0 Å². The Morgan fingerprint density at radius 1 is 1.17 bits per heavy atom. The quantitative estimate of drug-likeness (QED) is 0.369. The van der Waals surface area contributed by atoms with Crippen molar-refractivity contribution in [1.29, 1.82) is 0 Å². The number of hydrogen-bond acceptors (Lipinski definition) is 9. The molecule has 0 saturated heterocycles. The third kappa shape index (κ3) is 3.69. The molecule has 9 nitrogen and oxygen atoms in total. The maximum absolute atomic E-state index is 12.0. The summed E-state index contributed by atoms with van der Waals surface area (Å²) >= 11 is 0. The van der Waals surface area contributed by atoms with Gasteiger partial charge in [0.1, 0.15) is 11.3 Å². The Hall–Kier alpha value is -3.36. The molecule has 0 radical (unpaired) electrons. The number of methoxy groups -OCH3 is 3. The second kappa shape index (κ2) is 7.77. The van der Waals surface area contributed by atoms with Crippen LogP contribution in [0.4, 0.5) is 0 Å². The standard InChI is InChI=1S/C15H15N3O6/c1-21-11-7-12(22-2)18-15(17-11)24-10-6-4-5-9(8-16-20)13(10)14(19)23-3/h4-8,20H,1-3H3.